The van der Waals surface area contributed by atoms with E-state index in [1.807, 2.05) is 4.90 Å². The zero-order chi connectivity index (χ0) is 16.5. The zero-order valence-corrected chi connectivity index (χ0v) is 13.9. The molecule has 8 heteroatoms. The topological polar surface area (TPSA) is 88.4 Å². The normalized spacial score (nSPS) is 26.4. The maximum atomic E-state index is 12.9. The zero-order valence-electron chi connectivity index (χ0n) is 13.0. The standard InChI is InChI=1S/C16H18N4O3S/c21-8-10-6-12-13(7-10)23-5-4-20(12)16(22)11-9-24-15(19-11)14-17-2-1-3-18-14/h1-3,9-10,12-13,21H,4-8H2/t10-,12+,13+/m1/s1. The highest BCUT2D eigenvalue weighted by atomic mass is 32.1. The number of aromatic nitrogens is 3. The van der Waals surface area contributed by atoms with E-state index in [4.69, 9.17) is 4.74 Å². The van der Waals surface area contributed by atoms with Crippen LogP contribution >= 0.6 is 11.3 Å². The molecule has 3 heterocycles. The van der Waals surface area contributed by atoms with Gasteiger partial charge >= 0.3 is 0 Å². The molecular formula is C16H18N4O3S. The van der Waals surface area contributed by atoms with Crippen LogP contribution in [0.3, 0.4) is 0 Å². The number of rotatable bonds is 3. The van der Waals surface area contributed by atoms with Crippen LogP contribution < -0.4 is 0 Å². The summed E-state index contributed by atoms with van der Waals surface area (Å²) in [5.74, 6) is 0.657. The van der Waals surface area contributed by atoms with Crippen molar-refractivity contribution in [3.8, 4) is 10.8 Å². The van der Waals surface area contributed by atoms with Gasteiger partial charge in [-0.15, -0.1) is 11.3 Å². The second-order valence-corrected chi connectivity index (χ2v) is 6.96. The fourth-order valence-corrected chi connectivity index (χ4v) is 4.22. The van der Waals surface area contributed by atoms with Gasteiger partial charge in [0.1, 0.15) is 5.69 Å². The molecule has 2 aromatic rings. The predicted octanol–water partition coefficient (Wildman–Crippen LogP) is 1.21. The van der Waals surface area contributed by atoms with Crippen molar-refractivity contribution in [2.75, 3.05) is 19.8 Å². The lowest BCUT2D eigenvalue weighted by Crippen LogP contribution is -2.51. The highest BCUT2D eigenvalue weighted by Crippen LogP contribution is 2.35. The molecule has 0 spiro atoms. The monoisotopic (exact) mass is 346 g/mol. The van der Waals surface area contributed by atoms with Crippen LogP contribution in [-0.4, -0.2) is 62.8 Å². The molecule has 0 bridgehead atoms. The van der Waals surface area contributed by atoms with Crippen molar-refractivity contribution in [2.45, 2.75) is 25.0 Å². The predicted molar refractivity (Wildman–Crippen MR) is 87.5 cm³/mol. The number of fused-ring (bicyclic) bond motifs is 1. The number of morpholine rings is 1. The Morgan fingerprint density at radius 1 is 1.38 bits per heavy atom. The van der Waals surface area contributed by atoms with Gasteiger partial charge in [0.25, 0.3) is 5.91 Å². The SMILES string of the molecule is O=C(c1csc(-c2ncccn2)n1)N1CCO[C@H]2C[C@H](CO)C[C@@H]21. The van der Waals surface area contributed by atoms with Gasteiger partial charge in [0, 0.05) is 30.9 Å². The maximum absolute atomic E-state index is 12.9. The van der Waals surface area contributed by atoms with Gasteiger partial charge in [-0.1, -0.05) is 0 Å². The Bertz CT molecular complexity index is 723. The lowest BCUT2D eigenvalue weighted by molar-refractivity contribution is -0.0450. The summed E-state index contributed by atoms with van der Waals surface area (Å²) in [5, 5.41) is 11.8. The number of hydrogen-bond acceptors (Lipinski definition) is 7. The van der Waals surface area contributed by atoms with Crippen molar-refractivity contribution >= 4 is 17.2 Å². The molecule has 2 aliphatic rings. The summed E-state index contributed by atoms with van der Waals surface area (Å²) in [6.07, 6.45) is 4.93. The minimum absolute atomic E-state index is 0.0235. The molecule has 24 heavy (non-hydrogen) atoms. The molecule has 2 aromatic heterocycles. The van der Waals surface area contributed by atoms with Crippen LogP contribution in [0.5, 0.6) is 0 Å². The largest absolute Gasteiger partial charge is 0.396 e. The van der Waals surface area contributed by atoms with Crippen LogP contribution in [0.15, 0.2) is 23.8 Å². The van der Waals surface area contributed by atoms with Crippen LogP contribution in [-0.2, 0) is 4.74 Å². The van der Waals surface area contributed by atoms with Crippen LogP contribution in [0.1, 0.15) is 23.3 Å². The summed E-state index contributed by atoms with van der Waals surface area (Å²) >= 11 is 1.37. The van der Waals surface area contributed by atoms with E-state index in [1.54, 1.807) is 23.8 Å². The van der Waals surface area contributed by atoms with E-state index < -0.39 is 0 Å². The van der Waals surface area contributed by atoms with Crippen LogP contribution in [0.2, 0.25) is 0 Å². The van der Waals surface area contributed by atoms with E-state index in [0.717, 1.165) is 12.8 Å². The molecule has 1 aliphatic heterocycles. The van der Waals surface area contributed by atoms with Gasteiger partial charge in [0.2, 0.25) is 0 Å². The fraction of sp³-hybridized carbons (Fsp3) is 0.500. The van der Waals surface area contributed by atoms with Crippen molar-refractivity contribution < 1.29 is 14.6 Å². The average molecular weight is 346 g/mol. The average Bonchev–Trinajstić information content (AvgIpc) is 3.28. The number of ether oxygens (including phenoxy) is 1. The Labute approximate surface area is 143 Å². The summed E-state index contributed by atoms with van der Waals surface area (Å²) in [6, 6.07) is 1.77. The number of hydrogen-bond donors (Lipinski definition) is 1. The molecule has 3 atom stereocenters. The van der Waals surface area contributed by atoms with Gasteiger partial charge in [0.15, 0.2) is 10.8 Å². The number of aliphatic hydroxyl groups is 1. The van der Waals surface area contributed by atoms with Gasteiger partial charge < -0.3 is 14.7 Å². The number of amides is 1. The van der Waals surface area contributed by atoms with Crippen molar-refractivity contribution in [3.63, 3.8) is 0 Å². The molecule has 1 saturated heterocycles. The quantitative estimate of drug-likeness (QED) is 0.899. The van der Waals surface area contributed by atoms with Gasteiger partial charge in [-0.25, -0.2) is 15.0 Å². The van der Waals surface area contributed by atoms with Crippen LogP contribution in [0.25, 0.3) is 10.8 Å². The van der Waals surface area contributed by atoms with Crippen molar-refractivity contribution in [3.05, 3.63) is 29.5 Å². The van der Waals surface area contributed by atoms with Crippen LogP contribution in [0, 0.1) is 5.92 Å². The number of aliphatic hydroxyl groups excluding tert-OH is 1. The first-order chi connectivity index (χ1) is 11.8. The third kappa shape index (κ3) is 2.81. The molecule has 7 nitrogen and oxygen atoms in total. The highest BCUT2D eigenvalue weighted by molar-refractivity contribution is 7.13. The molecule has 2 fully saturated rings. The molecule has 4 rings (SSSR count). The minimum atomic E-state index is -0.0784. The number of carbonyl (C=O) groups excluding carboxylic acids is 1. The summed E-state index contributed by atoms with van der Waals surface area (Å²) in [5.41, 5.74) is 0.426. The van der Waals surface area contributed by atoms with E-state index >= 15 is 0 Å². The Kier molecular flexibility index (Phi) is 4.26. The van der Waals surface area contributed by atoms with E-state index in [-0.39, 0.29) is 30.6 Å². The number of carbonyl (C=O) groups is 1. The first-order valence-corrected chi connectivity index (χ1v) is 8.90. The lowest BCUT2D eigenvalue weighted by Gasteiger charge is -2.37. The Hall–Kier alpha value is -1.90. The molecular weight excluding hydrogens is 328 g/mol. The molecule has 126 valence electrons. The minimum Gasteiger partial charge on any atom is -0.396 e. The second kappa shape index (κ2) is 6.54. The summed E-state index contributed by atoms with van der Waals surface area (Å²) in [7, 11) is 0. The van der Waals surface area contributed by atoms with Gasteiger partial charge in [-0.3, -0.25) is 4.79 Å². The van der Waals surface area contributed by atoms with Crippen molar-refractivity contribution in [1.82, 2.24) is 19.9 Å². The smallest absolute Gasteiger partial charge is 0.273 e. The highest BCUT2D eigenvalue weighted by Gasteiger charge is 2.43. The first kappa shape index (κ1) is 15.6. The molecule has 1 saturated carbocycles. The Balaban J connectivity index is 1.54. The fourth-order valence-electron chi connectivity index (χ4n) is 3.48. The van der Waals surface area contributed by atoms with E-state index in [1.165, 1.54) is 11.3 Å². The molecule has 0 aromatic carbocycles. The number of nitrogens with zero attached hydrogens (tertiary/aromatic N) is 4. The molecule has 1 amide bonds. The molecule has 1 aliphatic carbocycles. The molecule has 1 N–H and O–H groups in total. The number of thiazole rings is 1. The third-order valence-electron chi connectivity index (χ3n) is 4.63. The van der Waals surface area contributed by atoms with Gasteiger partial charge in [0.05, 0.1) is 18.8 Å². The lowest BCUT2D eigenvalue weighted by atomic mass is 10.1. The summed E-state index contributed by atoms with van der Waals surface area (Å²) in [4.78, 5) is 27.5. The summed E-state index contributed by atoms with van der Waals surface area (Å²) in [6.45, 7) is 1.24. The third-order valence-corrected chi connectivity index (χ3v) is 5.47. The Morgan fingerprint density at radius 3 is 3.00 bits per heavy atom. The van der Waals surface area contributed by atoms with Crippen molar-refractivity contribution in [2.24, 2.45) is 5.92 Å². The second-order valence-electron chi connectivity index (χ2n) is 6.11. The van der Waals surface area contributed by atoms with Crippen molar-refractivity contribution in [1.29, 1.82) is 0 Å². The maximum Gasteiger partial charge on any atom is 0.273 e. The van der Waals surface area contributed by atoms with E-state index in [0.29, 0.717) is 29.7 Å². The Morgan fingerprint density at radius 2 is 2.21 bits per heavy atom. The molecule has 0 unspecified atom stereocenters. The van der Waals surface area contributed by atoms with Crippen LogP contribution in [0.4, 0.5) is 0 Å². The van der Waals surface area contributed by atoms with Gasteiger partial charge in [-0.05, 0) is 24.8 Å². The van der Waals surface area contributed by atoms with Gasteiger partial charge in [-0.2, -0.15) is 0 Å². The van der Waals surface area contributed by atoms with E-state index in [2.05, 4.69) is 15.0 Å². The van der Waals surface area contributed by atoms with E-state index in [9.17, 15) is 9.90 Å². The summed E-state index contributed by atoms with van der Waals surface area (Å²) < 4.78 is 5.78. The molecule has 0 radical (unpaired) electrons. The first-order valence-electron chi connectivity index (χ1n) is 8.02.